The van der Waals surface area contributed by atoms with Crippen molar-refractivity contribution in [1.82, 2.24) is 10.6 Å². The number of aliphatic imine (C=N–C) groups is 1. The predicted octanol–water partition coefficient (Wildman–Crippen LogP) is 2.79. The lowest BCUT2D eigenvalue weighted by molar-refractivity contribution is 0.122. The van der Waals surface area contributed by atoms with Gasteiger partial charge in [0, 0.05) is 44.5 Å². The average Bonchev–Trinajstić information content (AvgIpc) is 2.76. The molecule has 2 aromatic rings. The van der Waals surface area contributed by atoms with E-state index in [0.717, 1.165) is 50.1 Å². The van der Waals surface area contributed by atoms with Crippen LogP contribution in [0.4, 0.5) is 5.69 Å². The number of rotatable bonds is 7. The molecule has 6 heteroatoms. The van der Waals surface area contributed by atoms with E-state index < -0.39 is 0 Å². The molecule has 2 aromatic carbocycles. The van der Waals surface area contributed by atoms with Crippen molar-refractivity contribution in [2.45, 2.75) is 20.0 Å². The largest absolute Gasteiger partial charge is 0.494 e. The molecule has 1 heterocycles. The molecule has 6 nitrogen and oxygen atoms in total. The van der Waals surface area contributed by atoms with Gasteiger partial charge in [-0.3, -0.25) is 4.99 Å². The number of hydrogen-bond acceptors (Lipinski definition) is 4. The molecule has 0 spiro atoms. The Morgan fingerprint density at radius 3 is 2.46 bits per heavy atom. The first-order valence-electron chi connectivity index (χ1n) is 9.87. The summed E-state index contributed by atoms with van der Waals surface area (Å²) in [7, 11) is 1.78. The van der Waals surface area contributed by atoms with Gasteiger partial charge in [-0.25, -0.2) is 0 Å². The highest BCUT2D eigenvalue weighted by Gasteiger charge is 2.10. The Kier molecular flexibility index (Phi) is 7.55. The number of benzene rings is 2. The number of morpholine rings is 1. The molecule has 150 valence electrons. The normalized spacial score (nSPS) is 14.6. The average molecular weight is 383 g/mol. The summed E-state index contributed by atoms with van der Waals surface area (Å²) >= 11 is 0. The van der Waals surface area contributed by atoms with E-state index in [-0.39, 0.29) is 0 Å². The molecule has 1 saturated heterocycles. The van der Waals surface area contributed by atoms with Gasteiger partial charge >= 0.3 is 0 Å². The van der Waals surface area contributed by atoms with Crippen LogP contribution in [0, 0.1) is 0 Å². The van der Waals surface area contributed by atoms with Gasteiger partial charge in [0.05, 0.1) is 19.8 Å². The van der Waals surface area contributed by atoms with E-state index in [4.69, 9.17) is 9.47 Å². The predicted molar refractivity (Wildman–Crippen MR) is 114 cm³/mol. The van der Waals surface area contributed by atoms with Crippen molar-refractivity contribution in [3.05, 3.63) is 59.7 Å². The number of guanidine groups is 1. The van der Waals surface area contributed by atoms with Crippen LogP contribution < -0.4 is 20.3 Å². The summed E-state index contributed by atoms with van der Waals surface area (Å²) in [4.78, 5) is 6.67. The van der Waals surface area contributed by atoms with Gasteiger partial charge in [-0.2, -0.15) is 0 Å². The minimum atomic E-state index is 0.657. The van der Waals surface area contributed by atoms with Crippen molar-refractivity contribution >= 4 is 11.6 Å². The molecule has 0 unspecified atom stereocenters. The zero-order valence-corrected chi connectivity index (χ0v) is 16.8. The van der Waals surface area contributed by atoms with Crippen LogP contribution in [0.2, 0.25) is 0 Å². The van der Waals surface area contributed by atoms with E-state index in [2.05, 4.69) is 50.9 Å². The highest BCUT2D eigenvalue weighted by Crippen LogP contribution is 2.18. The smallest absolute Gasteiger partial charge is 0.191 e. The first-order valence-corrected chi connectivity index (χ1v) is 9.87. The van der Waals surface area contributed by atoms with E-state index in [1.807, 2.05) is 25.1 Å². The van der Waals surface area contributed by atoms with Crippen molar-refractivity contribution in [2.24, 2.45) is 4.99 Å². The maximum Gasteiger partial charge on any atom is 0.191 e. The number of nitrogens with zero attached hydrogens (tertiary/aromatic N) is 2. The second kappa shape index (κ2) is 10.6. The Balaban J connectivity index is 1.50. The van der Waals surface area contributed by atoms with Crippen LogP contribution >= 0.6 is 0 Å². The standard InChI is InChI=1S/C22H30N4O2/c1-3-28-21-7-5-4-6-19(21)17-25-22(23-2)24-16-18-8-10-20(11-9-18)26-12-14-27-15-13-26/h4-11H,3,12-17H2,1-2H3,(H2,23,24,25). The molecule has 28 heavy (non-hydrogen) atoms. The van der Waals surface area contributed by atoms with E-state index in [1.54, 1.807) is 7.05 Å². The Bertz CT molecular complexity index is 755. The number of nitrogens with one attached hydrogen (secondary N) is 2. The second-order valence-electron chi connectivity index (χ2n) is 6.59. The molecular formula is C22H30N4O2. The monoisotopic (exact) mass is 382 g/mol. The van der Waals surface area contributed by atoms with Crippen LogP contribution in [0.15, 0.2) is 53.5 Å². The molecule has 1 fully saturated rings. The number of ether oxygens (including phenoxy) is 2. The molecule has 0 atom stereocenters. The topological polar surface area (TPSA) is 58.1 Å². The van der Waals surface area contributed by atoms with Crippen LogP contribution in [-0.4, -0.2) is 45.9 Å². The Labute approximate surface area is 167 Å². The van der Waals surface area contributed by atoms with Crippen LogP contribution in [0.5, 0.6) is 5.75 Å². The molecule has 1 aliphatic rings. The fourth-order valence-corrected chi connectivity index (χ4v) is 3.18. The van der Waals surface area contributed by atoms with Crippen molar-refractivity contribution in [3.8, 4) is 5.75 Å². The molecule has 0 bridgehead atoms. The summed E-state index contributed by atoms with van der Waals surface area (Å²) in [6.07, 6.45) is 0. The van der Waals surface area contributed by atoms with Crippen molar-refractivity contribution in [2.75, 3.05) is 44.9 Å². The summed E-state index contributed by atoms with van der Waals surface area (Å²) in [5.41, 5.74) is 3.58. The highest BCUT2D eigenvalue weighted by molar-refractivity contribution is 5.79. The molecule has 2 N–H and O–H groups in total. The number of hydrogen-bond donors (Lipinski definition) is 2. The lowest BCUT2D eigenvalue weighted by Gasteiger charge is -2.28. The maximum atomic E-state index is 5.68. The first kappa shape index (κ1) is 20.0. The third-order valence-corrected chi connectivity index (χ3v) is 4.71. The summed E-state index contributed by atoms with van der Waals surface area (Å²) in [6, 6.07) is 16.7. The highest BCUT2D eigenvalue weighted by atomic mass is 16.5. The Morgan fingerprint density at radius 2 is 1.75 bits per heavy atom. The molecule has 0 aromatic heterocycles. The molecule has 0 aliphatic carbocycles. The zero-order chi connectivity index (χ0) is 19.6. The van der Waals surface area contributed by atoms with Crippen LogP contribution in [0.25, 0.3) is 0 Å². The lowest BCUT2D eigenvalue weighted by atomic mass is 10.2. The van der Waals surface area contributed by atoms with E-state index in [9.17, 15) is 0 Å². The van der Waals surface area contributed by atoms with Crippen LogP contribution in [0.3, 0.4) is 0 Å². The van der Waals surface area contributed by atoms with Crippen LogP contribution in [0.1, 0.15) is 18.1 Å². The van der Waals surface area contributed by atoms with Gasteiger partial charge in [0.2, 0.25) is 0 Å². The SMILES string of the molecule is CCOc1ccccc1CNC(=NC)NCc1ccc(N2CCOCC2)cc1. The minimum absolute atomic E-state index is 0.657. The molecule has 0 saturated carbocycles. The van der Waals surface area contributed by atoms with Gasteiger partial charge in [-0.15, -0.1) is 0 Å². The molecule has 3 rings (SSSR count). The Hall–Kier alpha value is -2.73. The summed E-state index contributed by atoms with van der Waals surface area (Å²) in [5.74, 6) is 1.68. The molecule has 0 amide bonds. The summed E-state index contributed by atoms with van der Waals surface area (Å²) < 4.78 is 11.1. The zero-order valence-electron chi connectivity index (χ0n) is 16.8. The fourth-order valence-electron chi connectivity index (χ4n) is 3.18. The maximum absolute atomic E-state index is 5.68. The van der Waals surface area contributed by atoms with Crippen molar-refractivity contribution in [3.63, 3.8) is 0 Å². The van der Waals surface area contributed by atoms with E-state index >= 15 is 0 Å². The summed E-state index contributed by atoms with van der Waals surface area (Å²) in [6.45, 7) is 7.55. The third kappa shape index (κ3) is 5.63. The minimum Gasteiger partial charge on any atom is -0.494 e. The number of anilines is 1. The van der Waals surface area contributed by atoms with Crippen molar-refractivity contribution in [1.29, 1.82) is 0 Å². The third-order valence-electron chi connectivity index (χ3n) is 4.71. The number of para-hydroxylation sites is 1. The fraction of sp³-hybridized carbons (Fsp3) is 0.409. The van der Waals surface area contributed by atoms with Gasteiger partial charge in [-0.1, -0.05) is 30.3 Å². The summed E-state index contributed by atoms with van der Waals surface area (Å²) in [5, 5.41) is 6.73. The Morgan fingerprint density at radius 1 is 1.04 bits per heavy atom. The van der Waals surface area contributed by atoms with Gasteiger partial charge in [0.25, 0.3) is 0 Å². The molecule has 1 aliphatic heterocycles. The molecule has 0 radical (unpaired) electrons. The van der Waals surface area contributed by atoms with Gasteiger partial charge in [0.1, 0.15) is 5.75 Å². The van der Waals surface area contributed by atoms with Crippen molar-refractivity contribution < 1.29 is 9.47 Å². The molecular weight excluding hydrogens is 352 g/mol. The van der Waals surface area contributed by atoms with Gasteiger partial charge in [0.15, 0.2) is 5.96 Å². The quantitative estimate of drug-likeness (QED) is 0.570. The van der Waals surface area contributed by atoms with Gasteiger partial charge < -0.3 is 25.0 Å². The lowest BCUT2D eigenvalue weighted by Crippen LogP contribution is -2.36. The van der Waals surface area contributed by atoms with Gasteiger partial charge in [-0.05, 0) is 30.7 Å². The van der Waals surface area contributed by atoms with Crippen LogP contribution in [-0.2, 0) is 17.8 Å². The van der Waals surface area contributed by atoms with E-state index in [0.29, 0.717) is 13.2 Å². The first-order chi connectivity index (χ1) is 13.8. The second-order valence-corrected chi connectivity index (χ2v) is 6.59. The van der Waals surface area contributed by atoms with E-state index in [1.165, 1.54) is 11.3 Å².